The van der Waals surface area contributed by atoms with E-state index >= 15 is 0 Å². The summed E-state index contributed by atoms with van der Waals surface area (Å²) < 4.78 is 6.57. The molecule has 4 heterocycles. The van der Waals surface area contributed by atoms with Crippen LogP contribution >= 0.6 is 0 Å². The maximum absolute atomic E-state index is 11.9. The Hall–Kier alpha value is -3.42. The van der Waals surface area contributed by atoms with Gasteiger partial charge in [-0.15, -0.1) is 0 Å². The zero-order valence-corrected chi connectivity index (χ0v) is 17.0. The van der Waals surface area contributed by atoms with Gasteiger partial charge in [-0.05, 0) is 24.0 Å². The summed E-state index contributed by atoms with van der Waals surface area (Å²) in [5.74, 6) is 1.26. The lowest BCUT2D eigenvalue weighted by atomic mass is 9.82. The molecule has 1 aromatic carbocycles. The van der Waals surface area contributed by atoms with E-state index in [2.05, 4.69) is 28.0 Å². The smallest absolute Gasteiger partial charge is 0.310 e. The summed E-state index contributed by atoms with van der Waals surface area (Å²) in [6.45, 7) is 3.51. The molecule has 2 N–H and O–H groups in total. The summed E-state index contributed by atoms with van der Waals surface area (Å²) in [4.78, 5) is 23.6. The molecular weight excluding hydrogens is 380 g/mol. The molecule has 30 heavy (non-hydrogen) atoms. The largest absolute Gasteiger partial charge is 0.469 e. The molecule has 0 aliphatic carbocycles. The minimum Gasteiger partial charge on any atom is -0.469 e. The number of rotatable bonds is 3. The number of fused-ring (bicyclic) bond motifs is 2. The standard InChI is InChI=1S/C22H24N6O2/c1-13-15-5-3-4-6-18(15)24-10-16(13)17-11-25-28-19(23)9-20(26-21(17)28)27-8-7-14(12-27)22(29)30-2/h3-6,9-11,13-14,16H,7-8,12,23H2,1-2H3. The second-order valence-electron chi connectivity index (χ2n) is 7.98. The van der Waals surface area contributed by atoms with Crippen molar-refractivity contribution in [3.8, 4) is 0 Å². The van der Waals surface area contributed by atoms with E-state index in [9.17, 15) is 4.79 Å². The number of methoxy groups -OCH3 is 1. The Kier molecular flexibility index (Phi) is 4.42. The van der Waals surface area contributed by atoms with E-state index in [1.807, 2.05) is 36.7 Å². The van der Waals surface area contributed by atoms with Crippen molar-refractivity contribution in [1.29, 1.82) is 0 Å². The summed E-state index contributed by atoms with van der Waals surface area (Å²) >= 11 is 0. The molecule has 3 aromatic rings. The number of nitrogen functional groups attached to an aromatic ring is 1. The van der Waals surface area contributed by atoms with Crippen LogP contribution in [-0.2, 0) is 9.53 Å². The van der Waals surface area contributed by atoms with Gasteiger partial charge in [0.1, 0.15) is 11.6 Å². The molecule has 0 radical (unpaired) electrons. The van der Waals surface area contributed by atoms with Crippen molar-refractivity contribution >= 4 is 35.2 Å². The molecule has 0 spiro atoms. The van der Waals surface area contributed by atoms with Crippen LogP contribution in [0.5, 0.6) is 0 Å². The number of carbonyl (C=O) groups excluding carboxylic acids is 1. The van der Waals surface area contributed by atoms with Crippen molar-refractivity contribution in [3.63, 3.8) is 0 Å². The summed E-state index contributed by atoms with van der Waals surface area (Å²) in [5.41, 5.74) is 10.3. The molecule has 2 aromatic heterocycles. The second-order valence-corrected chi connectivity index (χ2v) is 7.98. The minimum absolute atomic E-state index is 0.0564. The Morgan fingerprint density at radius 1 is 1.27 bits per heavy atom. The Morgan fingerprint density at radius 2 is 2.10 bits per heavy atom. The number of anilines is 2. The highest BCUT2D eigenvalue weighted by Gasteiger charge is 2.32. The molecule has 3 atom stereocenters. The van der Waals surface area contributed by atoms with Gasteiger partial charge in [0.15, 0.2) is 5.65 Å². The molecule has 5 rings (SSSR count). The van der Waals surface area contributed by atoms with Gasteiger partial charge in [0.25, 0.3) is 0 Å². The third-order valence-corrected chi connectivity index (χ3v) is 6.26. The fourth-order valence-corrected chi connectivity index (χ4v) is 4.54. The Bertz CT molecular complexity index is 1150. The number of benzene rings is 1. The minimum atomic E-state index is -0.178. The number of ether oxygens (including phenoxy) is 1. The van der Waals surface area contributed by atoms with E-state index in [1.165, 1.54) is 12.7 Å². The van der Waals surface area contributed by atoms with Gasteiger partial charge in [-0.25, -0.2) is 4.98 Å². The molecule has 1 saturated heterocycles. The summed E-state index contributed by atoms with van der Waals surface area (Å²) in [5, 5.41) is 4.48. The highest BCUT2D eigenvalue weighted by Crippen LogP contribution is 2.41. The van der Waals surface area contributed by atoms with Gasteiger partial charge >= 0.3 is 5.97 Å². The fraction of sp³-hybridized carbons (Fsp3) is 0.364. The van der Waals surface area contributed by atoms with Crippen molar-refractivity contribution in [2.24, 2.45) is 10.9 Å². The monoisotopic (exact) mass is 404 g/mol. The number of aliphatic imine (C=N–C) groups is 1. The molecule has 1 fully saturated rings. The predicted octanol–water partition coefficient (Wildman–Crippen LogP) is 2.91. The first kappa shape index (κ1) is 18.6. The third kappa shape index (κ3) is 2.91. The predicted molar refractivity (Wildman–Crippen MR) is 115 cm³/mol. The lowest BCUT2D eigenvalue weighted by Crippen LogP contribution is -2.25. The molecule has 0 bridgehead atoms. The molecule has 154 valence electrons. The van der Waals surface area contributed by atoms with Gasteiger partial charge in [0.2, 0.25) is 0 Å². The molecule has 2 aliphatic heterocycles. The van der Waals surface area contributed by atoms with Gasteiger partial charge < -0.3 is 15.4 Å². The average molecular weight is 404 g/mol. The van der Waals surface area contributed by atoms with Crippen LogP contribution < -0.4 is 10.6 Å². The summed E-state index contributed by atoms with van der Waals surface area (Å²) in [6, 6.07) is 10.0. The van der Waals surface area contributed by atoms with Crippen LogP contribution in [0.4, 0.5) is 17.3 Å². The van der Waals surface area contributed by atoms with Crippen molar-refractivity contribution in [3.05, 3.63) is 47.7 Å². The molecule has 8 heteroatoms. The Morgan fingerprint density at radius 3 is 2.93 bits per heavy atom. The number of esters is 1. The van der Waals surface area contributed by atoms with Crippen LogP contribution in [0.1, 0.15) is 36.3 Å². The molecule has 0 saturated carbocycles. The summed E-state index contributed by atoms with van der Waals surface area (Å²) in [6.07, 6.45) is 4.57. The van der Waals surface area contributed by atoms with Crippen molar-refractivity contribution in [1.82, 2.24) is 14.6 Å². The molecular formula is C22H24N6O2. The Labute approximate surface area is 174 Å². The quantitative estimate of drug-likeness (QED) is 0.674. The number of nitrogens with two attached hydrogens (primary N) is 1. The van der Waals surface area contributed by atoms with Crippen LogP contribution in [0.3, 0.4) is 0 Å². The molecule has 3 unspecified atom stereocenters. The van der Waals surface area contributed by atoms with Crippen LogP contribution in [0.2, 0.25) is 0 Å². The third-order valence-electron chi connectivity index (χ3n) is 6.26. The second kappa shape index (κ2) is 7.12. The van der Waals surface area contributed by atoms with Crippen LogP contribution in [-0.4, -0.2) is 47.0 Å². The topological polar surface area (TPSA) is 98.1 Å². The highest BCUT2D eigenvalue weighted by atomic mass is 16.5. The first-order valence-corrected chi connectivity index (χ1v) is 10.2. The SMILES string of the molecule is COC(=O)C1CCN(c2cc(N)n3ncc(C4C=Nc5ccccc5C4C)c3n2)C1. The fourth-order valence-electron chi connectivity index (χ4n) is 4.54. The van der Waals surface area contributed by atoms with Gasteiger partial charge in [0, 0.05) is 36.9 Å². The van der Waals surface area contributed by atoms with Gasteiger partial charge in [-0.1, -0.05) is 25.1 Å². The van der Waals surface area contributed by atoms with E-state index in [-0.39, 0.29) is 23.7 Å². The zero-order valence-electron chi connectivity index (χ0n) is 17.0. The number of nitrogens with zero attached hydrogens (tertiary/aromatic N) is 5. The highest BCUT2D eigenvalue weighted by molar-refractivity contribution is 5.80. The zero-order chi connectivity index (χ0) is 20.8. The van der Waals surface area contributed by atoms with Crippen molar-refractivity contribution in [2.75, 3.05) is 30.8 Å². The number of carbonyl (C=O) groups is 1. The lowest BCUT2D eigenvalue weighted by Gasteiger charge is -2.25. The number of hydrogen-bond acceptors (Lipinski definition) is 7. The van der Waals surface area contributed by atoms with Gasteiger partial charge in [0.05, 0.1) is 24.9 Å². The van der Waals surface area contributed by atoms with Crippen LogP contribution in [0.15, 0.2) is 41.5 Å². The van der Waals surface area contributed by atoms with Crippen molar-refractivity contribution < 1.29 is 9.53 Å². The van der Waals surface area contributed by atoms with E-state index in [0.717, 1.165) is 35.7 Å². The van der Waals surface area contributed by atoms with Crippen molar-refractivity contribution in [2.45, 2.75) is 25.2 Å². The number of aromatic nitrogens is 3. The number of para-hydroxylation sites is 1. The van der Waals surface area contributed by atoms with Crippen LogP contribution in [0, 0.1) is 5.92 Å². The average Bonchev–Trinajstić information content (AvgIpc) is 3.42. The normalized spacial score (nSPS) is 23.0. The van der Waals surface area contributed by atoms with Crippen LogP contribution in [0.25, 0.3) is 5.65 Å². The van der Waals surface area contributed by atoms with E-state index in [1.54, 1.807) is 4.52 Å². The maximum Gasteiger partial charge on any atom is 0.310 e. The molecule has 8 nitrogen and oxygen atoms in total. The number of hydrogen-bond donors (Lipinski definition) is 1. The molecule has 2 aliphatic rings. The maximum atomic E-state index is 11.9. The van der Waals surface area contributed by atoms with Gasteiger partial charge in [-0.2, -0.15) is 9.61 Å². The summed E-state index contributed by atoms with van der Waals surface area (Å²) in [7, 11) is 1.43. The molecule has 0 amide bonds. The first-order chi connectivity index (χ1) is 14.6. The van der Waals surface area contributed by atoms with Gasteiger partial charge in [-0.3, -0.25) is 9.79 Å². The van der Waals surface area contributed by atoms with E-state index in [4.69, 9.17) is 15.5 Å². The Balaban J connectivity index is 1.52. The van der Waals surface area contributed by atoms with E-state index < -0.39 is 0 Å². The first-order valence-electron chi connectivity index (χ1n) is 10.2. The lowest BCUT2D eigenvalue weighted by molar-refractivity contribution is -0.144. The van der Waals surface area contributed by atoms with E-state index in [0.29, 0.717) is 12.4 Å².